The minimum absolute atomic E-state index is 0.00608. The number of aryl methyl sites for hydroxylation is 2. The number of rotatable bonds is 0. The largest absolute Gasteiger partial charge is 0.309 e. The molecule has 0 spiro atoms. The van der Waals surface area contributed by atoms with E-state index in [9.17, 15) is 11.8 Å². The van der Waals surface area contributed by atoms with Crippen molar-refractivity contribution in [2.75, 3.05) is 0 Å². The molecule has 442 valence electrons. The Balaban J connectivity index is 0.916. The molecule has 11 aromatic carbocycles. The summed E-state index contributed by atoms with van der Waals surface area (Å²) in [5.41, 5.74) is 40.2. The van der Waals surface area contributed by atoms with Crippen molar-refractivity contribution in [3.63, 3.8) is 0 Å². The van der Waals surface area contributed by atoms with Crippen molar-refractivity contribution in [1.29, 1.82) is 5.26 Å². The maximum atomic E-state index is 11.9. The Hall–Kier alpha value is -10.0. The third-order valence-corrected chi connectivity index (χ3v) is 28.4. The molecule has 0 aliphatic heterocycles. The molecule has 0 saturated heterocycles. The summed E-state index contributed by atoms with van der Waals surface area (Å²) in [6, 6.07) is 70.5. The van der Waals surface area contributed by atoms with Crippen LogP contribution < -0.4 is 0 Å². The zero-order chi connectivity index (χ0) is 61.1. The van der Waals surface area contributed by atoms with Crippen LogP contribution in [0.5, 0.6) is 0 Å². The average molecular weight is 1200 g/mol. The summed E-state index contributed by atoms with van der Waals surface area (Å²) >= 11 is 0. The Morgan fingerprint density at radius 3 is 1.16 bits per heavy atom. The summed E-state index contributed by atoms with van der Waals surface area (Å²) in [7, 11) is 0. The molecule has 4 saturated carbocycles. The molecule has 4 fully saturated rings. The van der Waals surface area contributed by atoms with Gasteiger partial charge in [-0.25, -0.2) is 4.85 Å². The Morgan fingerprint density at radius 1 is 0.383 bits per heavy atom. The van der Waals surface area contributed by atoms with Gasteiger partial charge in [-0.05, 0) is 213 Å². The van der Waals surface area contributed by atoms with Crippen LogP contribution >= 0.6 is 0 Å². The summed E-state index contributed by atoms with van der Waals surface area (Å²) in [4.78, 5) is 4.68. The van der Waals surface area contributed by atoms with Crippen molar-refractivity contribution in [1.82, 2.24) is 8.80 Å². The van der Waals surface area contributed by atoms with Crippen LogP contribution in [0.2, 0.25) is 0 Å². The SMILES string of the molecule is [C-]#[N+]c1cc2c(c3c1C1c4ccccc4C3c3ccccc31)c1cc3c(c4c5cc6c(cc5n2c14)c1c2c(cc4c5c7c(c(C#N)cc5n6c41)C1c4ccccc4C7c4ccccc41)-c1ccc(C)cc1C14CCCC21CCC4)C12CCCC1(CCC2)c1cc(C)ccc1-3. The van der Waals surface area contributed by atoms with Crippen molar-refractivity contribution in [3.05, 3.63) is 287 Å². The van der Waals surface area contributed by atoms with Crippen LogP contribution in [0.25, 0.3) is 103 Å². The molecule has 94 heavy (non-hydrogen) atoms. The van der Waals surface area contributed by atoms with E-state index < -0.39 is 0 Å². The highest BCUT2D eigenvalue weighted by atomic mass is 14.9. The molecule has 4 heteroatoms. The standard InChI is InChI=1S/C90H62N4/c1-45-24-26-48-58-39-62-76-69(38-47(44-91)71-72-50-16-4-8-20-54(50)74(81(71)76)55-21-9-5-17-51(55)72)93-67-41-61-68(42-60(67)78(85(62)93)83(58)89-32-12-28-87(89,29-13-33-89)64(48)36-45)94-70-43-66(92-3)80-73-52-18-6-10-22-56(52)75(57-23-11-7-19-53(57)73)82(80)77(70)63-40-59-49-27-25-46(2)37-65(49)88-30-14-34-90(88,35-15-31-88)84(59)79(61)86(63)94/h4-11,16-27,36-43,72-75H,12-15,28-35H2,1-2H3. The fraction of sp³-hybridized carbons (Fsp3) is 0.244. The maximum Gasteiger partial charge on any atom is 0.193 e. The molecule has 27 rings (SSSR count). The first kappa shape index (κ1) is 49.6. The number of benzene rings is 11. The van der Waals surface area contributed by atoms with Crippen molar-refractivity contribution in [3.8, 4) is 28.3 Å². The molecule has 4 heterocycles. The molecular weight excluding hydrogens is 1140 g/mol. The van der Waals surface area contributed by atoms with Gasteiger partial charge in [-0.15, -0.1) is 0 Å². The van der Waals surface area contributed by atoms with Gasteiger partial charge in [-0.3, -0.25) is 0 Å². The van der Waals surface area contributed by atoms with Crippen LogP contribution in [0, 0.1) is 31.8 Å². The van der Waals surface area contributed by atoms with Gasteiger partial charge in [0.05, 0.1) is 45.8 Å². The fourth-order valence-corrected chi connectivity index (χ4v) is 25.8. The summed E-state index contributed by atoms with van der Waals surface area (Å²) in [5.74, 6) is -0.0716. The van der Waals surface area contributed by atoms with E-state index in [0.29, 0.717) is 0 Å². The minimum atomic E-state index is -0.0303. The van der Waals surface area contributed by atoms with Crippen LogP contribution in [-0.4, -0.2) is 8.80 Å². The maximum absolute atomic E-state index is 11.9. The average Bonchev–Trinajstić information content (AvgIpc) is 1.45. The molecule has 4 bridgehead atoms. The minimum Gasteiger partial charge on any atom is -0.309 e. The van der Waals surface area contributed by atoms with Gasteiger partial charge in [-0.2, -0.15) is 5.26 Å². The highest BCUT2D eigenvalue weighted by Gasteiger charge is 2.65. The van der Waals surface area contributed by atoms with E-state index in [2.05, 4.69) is 203 Å². The smallest absolute Gasteiger partial charge is 0.193 e. The lowest BCUT2D eigenvalue weighted by Crippen LogP contribution is -2.43. The van der Waals surface area contributed by atoms with Gasteiger partial charge >= 0.3 is 0 Å². The molecule has 4 aromatic heterocycles. The normalized spacial score (nSPS) is 26.0. The first-order valence-electron chi connectivity index (χ1n) is 35.3. The number of hydrogen-bond donors (Lipinski definition) is 0. The Bertz CT molecular complexity index is 5850. The quantitative estimate of drug-likeness (QED) is 0.139. The number of nitriles is 1. The van der Waals surface area contributed by atoms with Gasteiger partial charge in [0.1, 0.15) is 0 Å². The molecule has 0 amide bonds. The summed E-state index contributed by atoms with van der Waals surface area (Å²) in [6.45, 7) is 14.0. The second-order valence-electron chi connectivity index (χ2n) is 31.3. The van der Waals surface area contributed by atoms with E-state index in [4.69, 9.17) is 0 Å². The fourth-order valence-electron chi connectivity index (χ4n) is 25.8. The van der Waals surface area contributed by atoms with Gasteiger partial charge in [-0.1, -0.05) is 170 Å². The molecule has 0 atom stereocenters. The second-order valence-corrected chi connectivity index (χ2v) is 31.3. The van der Waals surface area contributed by atoms with Gasteiger partial charge < -0.3 is 8.80 Å². The predicted octanol–water partition coefficient (Wildman–Crippen LogP) is 22.0. The Morgan fingerprint density at radius 2 is 0.755 bits per heavy atom. The molecule has 12 aliphatic carbocycles. The van der Waals surface area contributed by atoms with Crippen LogP contribution in [0.4, 0.5) is 5.69 Å². The zero-order valence-corrected chi connectivity index (χ0v) is 52.7. The second kappa shape index (κ2) is 15.8. The zero-order valence-electron chi connectivity index (χ0n) is 52.7. The Labute approximate surface area is 544 Å². The van der Waals surface area contributed by atoms with E-state index in [0.717, 1.165) is 11.3 Å². The van der Waals surface area contributed by atoms with Crippen molar-refractivity contribution >= 4 is 81.9 Å². The van der Waals surface area contributed by atoms with Crippen LogP contribution in [0.3, 0.4) is 0 Å². The van der Waals surface area contributed by atoms with Gasteiger partial charge in [0.2, 0.25) is 0 Å². The molecule has 0 N–H and O–H groups in total. The van der Waals surface area contributed by atoms with Crippen molar-refractivity contribution in [2.24, 2.45) is 0 Å². The van der Waals surface area contributed by atoms with Crippen LogP contribution in [0.1, 0.15) is 206 Å². The number of hydrogen-bond acceptors (Lipinski definition) is 1. The van der Waals surface area contributed by atoms with E-state index >= 15 is 0 Å². The van der Waals surface area contributed by atoms with E-state index in [1.54, 1.807) is 22.3 Å². The van der Waals surface area contributed by atoms with Crippen LogP contribution in [0.15, 0.2) is 170 Å². The number of aromatic nitrogens is 2. The molecule has 12 aliphatic rings. The lowest BCUT2D eigenvalue weighted by molar-refractivity contribution is 0.301. The van der Waals surface area contributed by atoms with Crippen molar-refractivity contribution < 1.29 is 0 Å². The van der Waals surface area contributed by atoms with Gasteiger partial charge in [0.25, 0.3) is 0 Å². The molecular formula is C90H62N4. The van der Waals surface area contributed by atoms with Crippen LogP contribution in [-0.2, 0) is 21.7 Å². The highest BCUT2D eigenvalue weighted by molar-refractivity contribution is 6.33. The van der Waals surface area contributed by atoms with Crippen molar-refractivity contribution in [2.45, 2.75) is 136 Å². The Kier molecular flexibility index (Phi) is 8.33. The predicted molar refractivity (Wildman–Crippen MR) is 379 cm³/mol. The third kappa shape index (κ3) is 4.94. The number of nitrogens with zero attached hydrogens (tertiary/aromatic N) is 4. The topological polar surface area (TPSA) is 37.0 Å². The lowest BCUT2D eigenvalue weighted by atomic mass is 9.54. The molecule has 4 nitrogen and oxygen atoms in total. The third-order valence-electron chi connectivity index (χ3n) is 28.4. The van der Waals surface area contributed by atoms with Gasteiger partial charge in [0, 0.05) is 93.9 Å². The molecule has 15 aromatic rings. The monoisotopic (exact) mass is 1200 g/mol. The molecule has 0 unspecified atom stereocenters. The highest BCUT2D eigenvalue weighted by Crippen LogP contribution is 2.74. The lowest BCUT2D eigenvalue weighted by Gasteiger charge is -2.48. The molecule has 0 radical (unpaired) electrons. The summed E-state index contributed by atoms with van der Waals surface area (Å²) in [6.07, 6.45) is 14.6. The summed E-state index contributed by atoms with van der Waals surface area (Å²) < 4.78 is 5.49. The van der Waals surface area contributed by atoms with Gasteiger partial charge in [0.15, 0.2) is 5.69 Å². The first-order chi connectivity index (χ1) is 46.3. The van der Waals surface area contributed by atoms with E-state index in [-0.39, 0.29) is 45.3 Å². The summed E-state index contributed by atoms with van der Waals surface area (Å²) in [5, 5.41) is 22.8. The van der Waals surface area contributed by atoms with E-state index in [1.807, 2.05) is 0 Å². The van der Waals surface area contributed by atoms with E-state index in [1.165, 1.54) is 253 Å². The number of fused-ring (bicyclic) bond motifs is 20. The first-order valence-corrected chi connectivity index (χ1v) is 35.3.